The van der Waals surface area contributed by atoms with Crippen molar-refractivity contribution >= 4 is 0 Å². The molecule has 2 N–H and O–H groups in total. The maximum Gasteiger partial charge on any atom is 0.124 e. The van der Waals surface area contributed by atoms with Crippen LogP contribution in [0.3, 0.4) is 0 Å². The smallest absolute Gasteiger partial charge is 0.124 e. The van der Waals surface area contributed by atoms with Gasteiger partial charge in [-0.3, -0.25) is 0 Å². The summed E-state index contributed by atoms with van der Waals surface area (Å²) >= 11 is 0. The summed E-state index contributed by atoms with van der Waals surface area (Å²) in [5, 5.41) is 23.2. The number of phenols is 2. The largest absolute Gasteiger partial charge is 0.507 e. The number of benzene rings is 2. The monoisotopic (exact) mass is 466 g/mol. The zero-order valence-corrected chi connectivity index (χ0v) is 24.0. The first-order valence-electron chi connectivity index (χ1n) is 13.2. The maximum atomic E-state index is 11.6. The summed E-state index contributed by atoms with van der Waals surface area (Å²) in [6.07, 6.45) is 3.84. The summed E-state index contributed by atoms with van der Waals surface area (Å²) in [5.41, 5.74) is 5.68. The SMILES string of the molecule is CCC(C)(C)c1cc(O)c(-c2c(O)cc(C(C)(C)CC)cc2C(C)(C)CC)c(C(C)(C)CC)c1. The Morgan fingerprint density at radius 1 is 0.471 bits per heavy atom. The highest BCUT2D eigenvalue weighted by Gasteiger charge is 2.34. The Morgan fingerprint density at radius 3 is 0.971 bits per heavy atom. The third kappa shape index (κ3) is 5.16. The van der Waals surface area contributed by atoms with E-state index in [4.69, 9.17) is 0 Å². The van der Waals surface area contributed by atoms with Crippen LogP contribution in [0.1, 0.15) is 131 Å². The Labute approximate surface area is 209 Å². The van der Waals surface area contributed by atoms with Crippen LogP contribution in [0.15, 0.2) is 24.3 Å². The van der Waals surface area contributed by atoms with Gasteiger partial charge in [0.1, 0.15) is 11.5 Å². The van der Waals surface area contributed by atoms with Gasteiger partial charge in [-0.15, -0.1) is 0 Å². The van der Waals surface area contributed by atoms with Crippen LogP contribution in [0.5, 0.6) is 11.5 Å². The molecular weight excluding hydrogens is 416 g/mol. The second kappa shape index (κ2) is 9.59. The van der Waals surface area contributed by atoms with Crippen LogP contribution in [0.4, 0.5) is 0 Å². The number of rotatable bonds is 9. The van der Waals surface area contributed by atoms with Gasteiger partial charge in [0.25, 0.3) is 0 Å². The van der Waals surface area contributed by atoms with E-state index in [9.17, 15) is 10.2 Å². The van der Waals surface area contributed by atoms with Crippen molar-refractivity contribution in [2.75, 3.05) is 0 Å². The molecule has 190 valence electrons. The first-order valence-corrected chi connectivity index (χ1v) is 13.2. The average Bonchev–Trinajstić information content (AvgIpc) is 2.78. The molecule has 2 nitrogen and oxygen atoms in total. The molecule has 0 fully saturated rings. The van der Waals surface area contributed by atoms with E-state index in [1.165, 1.54) is 0 Å². The molecule has 0 radical (unpaired) electrons. The lowest BCUT2D eigenvalue weighted by Gasteiger charge is -2.35. The normalized spacial score (nSPS) is 13.4. The lowest BCUT2D eigenvalue weighted by atomic mass is 9.69. The third-order valence-corrected chi connectivity index (χ3v) is 9.04. The van der Waals surface area contributed by atoms with Gasteiger partial charge in [-0.1, -0.05) is 95.2 Å². The molecule has 0 amide bonds. The first kappa shape index (κ1) is 28.3. The second-order valence-corrected chi connectivity index (χ2v) is 12.8. The topological polar surface area (TPSA) is 40.5 Å². The molecule has 0 saturated carbocycles. The van der Waals surface area contributed by atoms with Crippen LogP contribution in [0, 0.1) is 0 Å². The summed E-state index contributed by atoms with van der Waals surface area (Å²) in [5.74, 6) is 0.531. The van der Waals surface area contributed by atoms with Gasteiger partial charge in [0.05, 0.1) is 0 Å². The number of aromatic hydroxyl groups is 2. The average molecular weight is 467 g/mol. The highest BCUT2D eigenvalue weighted by Crippen LogP contribution is 2.51. The number of hydrogen-bond acceptors (Lipinski definition) is 2. The molecule has 2 aromatic carbocycles. The Balaban J connectivity index is 3.09. The van der Waals surface area contributed by atoms with Crippen molar-refractivity contribution in [1.29, 1.82) is 0 Å². The quantitative estimate of drug-likeness (QED) is 0.386. The molecule has 2 aromatic rings. The lowest BCUT2D eigenvalue weighted by Crippen LogP contribution is -2.23. The molecule has 0 aliphatic carbocycles. The van der Waals surface area contributed by atoms with E-state index >= 15 is 0 Å². The summed E-state index contributed by atoms with van der Waals surface area (Å²) in [4.78, 5) is 0. The predicted molar refractivity (Wildman–Crippen MR) is 148 cm³/mol. The molecule has 2 rings (SSSR count). The van der Waals surface area contributed by atoms with Crippen molar-refractivity contribution in [3.63, 3.8) is 0 Å². The van der Waals surface area contributed by atoms with Gasteiger partial charge in [0.15, 0.2) is 0 Å². The molecule has 34 heavy (non-hydrogen) atoms. The Bertz CT molecular complexity index is 938. The van der Waals surface area contributed by atoms with Gasteiger partial charge in [0, 0.05) is 11.1 Å². The van der Waals surface area contributed by atoms with Gasteiger partial charge in [-0.05, 0) is 81.7 Å². The van der Waals surface area contributed by atoms with Crippen LogP contribution >= 0.6 is 0 Å². The van der Waals surface area contributed by atoms with Crippen molar-refractivity contribution in [3.05, 3.63) is 46.5 Å². The fourth-order valence-corrected chi connectivity index (χ4v) is 4.42. The molecule has 2 heteroatoms. The Hall–Kier alpha value is -1.96. The Morgan fingerprint density at radius 2 is 0.735 bits per heavy atom. The predicted octanol–water partition coefficient (Wildman–Crippen LogP) is 9.52. The van der Waals surface area contributed by atoms with Crippen LogP contribution in [0.2, 0.25) is 0 Å². The maximum absolute atomic E-state index is 11.6. The first-order chi connectivity index (χ1) is 15.5. The van der Waals surface area contributed by atoms with Crippen LogP contribution in [-0.4, -0.2) is 10.2 Å². The minimum atomic E-state index is -0.159. The molecule has 0 heterocycles. The molecule has 0 bridgehead atoms. The van der Waals surface area contributed by atoms with Crippen LogP contribution < -0.4 is 0 Å². The number of hydrogen-bond donors (Lipinski definition) is 2. The third-order valence-electron chi connectivity index (χ3n) is 9.04. The van der Waals surface area contributed by atoms with Crippen molar-refractivity contribution in [1.82, 2.24) is 0 Å². The summed E-state index contributed by atoms with van der Waals surface area (Å²) in [7, 11) is 0. The van der Waals surface area contributed by atoms with E-state index in [-0.39, 0.29) is 33.2 Å². The van der Waals surface area contributed by atoms with Gasteiger partial charge in [-0.2, -0.15) is 0 Å². The van der Waals surface area contributed by atoms with Gasteiger partial charge in [-0.25, -0.2) is 0 Å². The molecule has 0 unspecified atom stereocenters. The minimum absolute atomic E-state index is 0.0445. The van der Waals surface area contributed by atoms with Crippen LogP contribution in [0.25, 0.3) is 11.1 Å². The fourth-order valence-electron chi connectivity index (χ4n) is 4.42. The molecule has 0 spiro atoms. The summed E-state index contributed by atoms with van der Waals surface area (Å²) in [6, 6.07) is 8.43. The van der Waals surface area contributed by atoms with Gasteiger partial charge < -0.3 is 10.2 Å². The van der Waals surface area contributed by atoms with E-state index in [0.717, 1.165) is 59.1 Å². The highest BCUT2D eigenvalue weighted by atomic mass is 16.3. The molecule has 0 aromatic heterocycles. The summed E-state index contributed by atoms with van der Waals surface area (Å²) in [6.45, 7) is 26.7. The van der Waals surface area contributed by atoms with E-state index in [0.29, 0.717) is 0 Å². The van der Waals surface area contributed by atoms with Gasteiger partial charge in [0.2, 0.25) is 0 Å². The van der Waals surface area contributed by atoms with E-state index in [1.807, 2.05) is 12.1 Å². The van der Waals surface area contributed by atoms with Gasteiger partial charge >= 0.3 is 0 Å². The van der Waals surface area contributed by atoms with Crippen molar-refractivity contribution in [2.24, 2.45) is 0 Å². The zero-order chi connectivity index (χ0) is 26.3. The fraction of sp³-hybridized carbons (Fsp3) is 0.625. The highest BCUT2D eigenvalue weighted by molar-refractivity contribution is 5.84. The Kier molecular flexibility index (Phi) is 7.98. The summed E-state index contributed by atoms with van der Waals surface area (Å²) < 4.78 is 0. The molecule has 0 saturated heterocycles. The minimum Gasteiger partial charge on any atom is -0.507 e. The molecular formula is C32H50O2. The zero-order valence-electron chi connectivity index (χ0n) is 24.0. The van der Waals surface area contributed by atoms with Crippen molar-refractivity contribution in [2.45, 2.75) is 130 Å². The van der Waals surface area contributed by atoms with Crippen molar-refractivity contribution < 1.29 is 10.2 Å². The second-order valence-electron chi connectivity index (χ2n) is 12.8. The number of phenolic OH excluding ortho intramolecular Hbond substituents is 2. The molecule has 0 aliphatic heterocycles. The van der Waals surface area contributed by atoms with Crippen molar-refractivity contribution in [3.8, 4) is 22.6 Å². The molecule has 0 aliphatic rings. The molecule has 0 atom stereocenters. The van der Waals surface area contributed by atoms with Crippen LogP contribution in [-0.2, 0) is 21.7 Å². The van der Waals surface area contributed by atoms with E-state index in [2.05, 4.69) is 95.2 Å². The van der Waals surface area contributed by atoms with E-state index < -0.39 is 0 Å². The lowest BCUT2D eigenvalue weighted by molar-refractivity contribution is 0.444. The van der Waals surface area contributed by atoms with E-state index in [1.54, 1.807) is 0 Å². The standard InChI is InChI=1S/C32H50O2/c1-13-29(5,6)21-17-23(31(9,10)15-3)27(25(33)19-21)28-24(32(11,12)16-4)18-22(20-26(28)34)30(7,8)14-2/h17-20,33-34H,13-16H2,1-12H3.